The van der Waals surface area contributed by atoms with E-state index in [0.29, 0.717) is 22.9 Å². The third-order valence-electron chi connectivity index (χ3n) is 5.11. The lowest BCUT2D eigenvalue weighted by molar-refractivity contribution is 0.102. The van der Waals surface area contributed by atoms with Crippen LogP contribution in [-0.4, -0.2) is 25.5 Å². The van der Waals surface area contributed by atoms with Crippen LogP contribution in [0, 0.1) is 0 Å². The number of hydrogen-bond acceptors (Lipinski definition) is 4. The zero-order valence-corrected chi connectivity index (χ0v) is 19.6. The topological polar surface area (TPSA) is 74.0 Å². The van der Waals surface area contributed by atoms with Gasteiger partial charge in [0, 0.05) is 17.4 Å². The van der Waals surface area contributed by atoms with Crippen molar-refractivity contribution >= 4 is 23.2 Å². The van der Waals surface area contributed by atoms with Crippen molar-refractivity contribution in [3.8, 4) is 5.75 Å². The maximum atomic E-state index is 12.6. The molecule has 8 heteroatoms. The first kappa shape index (κ1) is 22.6. The van der Waals surface area contributed by atoms with Crippen molar-refractivity contribution in [2.45, 2.75) is 39.5 Å². The predicted octanol–water partition coefficient (Wildman–Crippen LogP) is 5.37. The standard InChI is InChI=1S/C25H26ClN5O2/c1-25(2,3)19-6-10-22(11-7-19)33-17-30-13-12-23(29-30)24(32)28-21-14-27-31(16-21)15-18-4-8-20(26)9-5-18/h4-14,16H,15,17H2,1-3H3,(H,28,32). The number of benzene rings is 2. The highest BCUT2D eigenvalue weighted by Gasteiger charge is 2.14. The molecule has 1 N–H and O–H groups in total. The minimum atomic E-state index is -0.311. The number of nitrogens with zero attached hydrogens (tertiary/aromatic N) is 4. The molecule has 0 bridgehead atoms. The van der Waals surface area contributed by atoms with Gasteiger partial charge < -0.3 is 10.1 Å². The Balaban J connectivity index is 1.31. The average Bonchev–Trinajstić information content (AvgIpc) is 3.43. The first-order valence-electron chi connectivity index (χ1n) is 10.6. The highest BCUT2D eigenvalue weighted by Crippen LogP contribution is 2.24. The van der Waals surface area contributed by atoms with Crippen LogP contribution in [0.5, 0.6) is 5.75 Å². The molecule has 0 saturated carbocycles. The van der Waals surface area contributed by atoms with Crippen molar-refractivity contribution in [3.63, 3.8) is 0 Å². The molecular weight excluding hydrogens is 438 g/mol. The van der Waals surface area contributed by atoms with E-state index < -0.39 is 0 Å². The van der Waals surface area contributed by atoms with Gasteiger partial charge in [0.2, 0.25) is 0 Å². The van der Waals surface area contributed by atoms with Crippen LogP contribution in [0.25, 0.3) is 0 Å². The quantitative estimate of drug-likeness (QED) is 0.400. The Morgan fingerprint density at radius 3 is 2.45 bits per heavy atom. The molecule has 7 nitrogen and oxygen atoms in total. The number of amides is 1. The summed E-state index contributed by atoms with van der Waals surface area (Å²) in [5.41, 5.74) is 3.29. The summed E-state index contributed by atoms with van der Waals surface area (Å²) in [4.78, 5) is 12.6. The first-order valence-corrected chi connectivity index (χ1v) is 11.0. The van der Waals surface area contributed by atoms with Gasteiger partial charge in [0.05, 0.1) is 18.4 Å². The molecule has 0 radical (unpaired) electrons. The van der Waals surface area contributed by atoms with E-state index in [1.54, 1.807) is 34.0 Å². The zero-order chi connectivity index (χ0) is 23.4. The molecule has 0 unspecified atom stereocenters. The lowest BCUT2D eigenvalue weighted by Crippen LogP contribution is -2.14. The Labute approximate surface area is 197 Å². The van der Waals surface area contributed by atoms with Crippen LogP contribution >= 0.6 is 11.6 Å². The Morgan fingerprint density at radius 2 is 1.76 bits per heavy atom. The van der Waals surface area contributed by atoms with Gasteiger partial charge in [0.15, 0.2) is 12.4 Å². The van der Waals surface area contributed by atoms with Gasteiger partial charge in [-0.3, -0.25) is 9.48 Å². The zero-order valence-electron chi connectivity index (χ0n) is 18.8. The molecular formula is C25H26ClN5O2. The molecule has 170 valence electrons. The average molecular weight is 464 g/mol. The highest BCUT2D eigenvalue weighted by molar-refractivity contribution is 6.30. The van der Waals surface area contributed by atoms with E-state index in [4.69, 9.17) is 16.3 Å². The van der Waals surface area contributed by atoms with Gasteiger partial charge in [-0.1, -0.05) is 56.6 Å². The van der Waals surface area contributed by atoms with E-state index in [1.165, 1.54) is 5.56 Å². The number of halogens is 1. The van der Waals surface area contributed by atoms with Crippen molar-refractivity contribution in [3.05, 3.63) is 95.0 Å². The molecule has 2 aromatic carbocycles. The second-order valence-electron chi connectivity index (χ2n) is 8.80. The molecule has 0 atom stereocenters. The van der Waals surface area contributed by atoms with Crippen molar-refractivity contribution in [1.29, 1.82) is 0 Å². The minimum Gasteiger partial charge on any atom is -0.471 e. The highest BCUT2D eigenvalue weighted by atomic mass is 35.5. The summed E-state index contributed by atoms with van der Waals surface area (Å²) in [6, 6.07) is 17.2. The van der Waals surface area contributed by atoms with Crippen LogP contribution in [0.4, 0.5) is 5.69 Å². The molecule has 0 spiro atoms. The molecule has 0 aliphatic carbocycles. The molecule has 0 aliphatic rings. The van der Waals surface area contributed by atoms with Crippen LogP contribution in [0.1, 0.15) is 42.4 Å². The largest absolute Gasteiger partial charge is 0.471 e. The van der Waals surface area contributed by atoms with E-state index in [1.807, 2.05) is 36.4 Å². The third kappa shape index (κ3) is 6.02. The van der Waals surface area contributed by atoms with Crippen LogP contribution in [-0.2, 0) is 18.7 Å². The van der Waals surface area contributed by atoms with E-state index in [0.717, 1.165) is 11.3 Å². The fraction of sp³-hybridized carbons (Fsp3) is 0.240. The normalized spacial score (nSPS) is 11.4. The van der Waals surface area contributed by atoms with Crippen LogP contribution < -0.4 is 10.1 Å². The third-order valence-corrected chi connectivity index (χ3v) is 5.36. The van der Waals surface area contributed by atoms with Crippen LogP contribution in [0.15, 0.2) is 73.2 Å². The Hall–Kier alpha value is -3.58. The lowest BCUT2D eigenvalue weighted by atomic mass is 9.87. The number of nitrogens with one attached hydrogen (secondary N) is 1. The van der Waals surface area contributed by atoms with Gasteiger partial charge in [-0.15, -0.1) is 0 Å². The van der Waals surface area contributed by atoms with Gasteiger partial charge in [-0.2, -0.15) is 10.2 Å². The Bertz CT molecular complexity index is 1220. The minimum absolute atomic E-state index is 0.0924. The summed E-state index contributed by atoms with van der Waals surface area (Å²) < 4.78 is 9.11. The fourth-order valence-corrected chi connectivity index (χ4v) is 3.36. The monoisotopic (exact) mass is 463 g/mol. The van der Waals surface area contributed by atoms with Crippen molar-refractivity contribution in [2.75, 3.05) is 5.32 Å². The van der Waals surface area contributed by atoms with Crippen LogP contribution in [0.3, 0.4) is 0 Å². The number of ether oxygens (including phenoxy) is 1. The van der Waals surface area contributed by atoms with Gasteiger partial charge >= 0.3 is 0 Å². The fourth-order valence-electron chi connectivity index (χ4n) is 3.23. The van der Waals surface area contributed by atoms with Gasteiger partial charge in [0.1, 0.15) is 5.75 Å². The van der Waals surface area contributed by atoms with Crippen molar-refractivity contribution in [1.82, 2.24) is 19.6 Å². The molecule has 4 aromatic rings. The molecule has 0 saturated heterocycles. The molecule has 2 aromatic heterocycles. The molecule has 2 heterocycles. The summed E-state index contributed by atoms with van der Waals surface area (Å²) >= 11 is 5.92. The maximum Gasteiger partial charge on any atom is 0.276 e. The van der Waals surface area contributed by atoms with Gasteiger partial charge in [0.25, 0.3) is 5.91 Å². The number of rotatable bonds is 7. The SMILES string of the molecule is CC(C)(C)c1ccc(OCn2ccc(C(=O)Nc3cnn(Cc4ccc(Cl)cc4)c3)n2)cc1. The summed E-state index contributed by atoms with van der Waals surface area (Å²) in [6.45, 7) is 7.30. The molecule has 1 amide bonds. The number of carbonyl (C=O) groups is 1. The first-order chi connectivity index (χ1) is 15.8. The van der Waals surface area contributed by atoms with Crippen LogP contribution in [0.2, 0.25) is 5.02 Å². The van der Waals surface area contributed by atoms with Gasteiger partial charge in [-0.05, 0) is 46.9 Å². The summed E-state index contributed by atoms with van der Waals surface area (Å²) in [7, 11) is 0. The van der Waals surface area contributed by atoms with Gasteiger partial charge in [-0.25, -0.2) is 4.68 Å². The summed E-state index contributed by atoms with van der Waals surface area (Å²) in [6.07, 6.45) is 5.09. The number of aromatic nitrogens is 4. The predicted molar refractivity (Wildman–Crippen MR) is 129 cm³/mol. The number of anilines is 1. The molecule has 0 aliphatic heterocycles. The maximum absolute atomic E-state index is 12.6. The van der Waals surface area contributed by atoms with Crippen molar-refractivity contribution in [2.24, 2.45) is 0 Å². The number of hydrogen-bond donors (Lipinski definition) is 1. The second-order valence-corrected chi connectivity index (χ2v) is 9.23. The Morgan fingerprint density at radius 1 is 1.03 bits per heavy atom. The summed E-state index contributed by atoms with van der Waals surface area (Å²) in [5, 5.41) is 12.1. The Kier molecular flexibility index (Phi) is 6.51. The van der Waals surface area contributed by atoms with E-state index >= 15 is 0 Å². The molecule has 0 fully saturated rings. The van der Waals surface area contributed by atoms with Crippen molar-refractivity contribution < 1.29 is 9.53 Å². The smallest absolute Gasteiger partial charge is 0.276 e. The molecule has 33 heavy (non-hydrogen) atoms. The summed E-state index contributed by atoms with van der Waals surface area (Å²) in [5.74, 6) is 0.437. The lowest BCUT2D eigenvalue weighted by Gasteiger charge is -2.19. The van der Waals surface area contributed by atoms with E-state index in [2.05, 4.69) is 48.4 Å². The molecule has 4 rings (SSSR count). The van der Waals surface area contributed by atoms with E-state index in [-0.39, 0.29) is 18.1 Å². The van der Waals surface area contributed by atoms with E-state index in [9.17, 15) is 4.79 Å². The second kappa shape index (κ2) is 9.50. The number of carbonyl (C=O) groups excluding carboxylic acids is 1.